The number of aromatic nitrogens is 2. The van der Waals surface area contributed by atoms with Crippen LogP contribution in [0.15, 0.2) is 54.7 Å². The summed E-state index contributed by atoms with van der Waals surface area (Å²) in [5.41, 5.74) is 4.65. The number of hydrogen-bond donors (Lipinski definition) is 1. The Labute approximate surface area is 160 Å². The van der Waals surface area contributed by atoms with Gasteiger partial charge in [-0.05, 0) is 36.8 Å². The fourth-order valence-electron chi connectivity index (χ4n) is 3.30. The second kappa shape index (κ2) is 7.94. The Morgan fingerprint density at radius 2 is 1.93 bits per heavy atom. The van der Waals surface area contributed by atoms with Gasteiger partial charge in [-0.15, -0.1) is 0 Å². The summed E-state index contributed by atoms with van der Waals surface area (Å²) in [6.07, 6.45) is 2.27. The first-order chi connectivity index (χ1) is 13.2. The number of nitrogens with zero attached hydrogens (tertiary/aromatic N) is 2. The first kappa shape index (κ1) is 17.8. The zero-order valence-electron chi connectivity index (χ0n) is 15.8. The van der Waals surface area contributed by atoms with E-state index in [1.807, 2.05) is 24.3 Å². The maximum absolute atomic E-state index is 5.98. The van der Waals surface area contributed by atoms with Gasteiger partial charge in [-0.2, -0.15) is 0 Å². The van der Waals surface area contributed by atoms with Crippen LogP contribution < -0.4 is 10.1 Å². The third kappa shape index (κ3) is 4.21. The molecule has 27 heavy (non-hydrogen) atoms. The van der Waals surface area contributed by atoms with E-state index < -0.39 is 0 Å². The van der Waals surface area contributed by atoms with Gasteiger partial charge in [-0.3, -0.25) is 0 Å². The maximum Gasteiger partial charge on any atom is 0.135 e. The quantitative estimate of drug-likeness (QED) is 0.728. The van der Waals surface area contributed by atoms with E-state index in [1.165, 1.54) is 11.1 Å². The molecule has 2 heterocycles. The van der Waals surface area contributed by atoms with Crippen molar-refractivity contribution < 1.29 is 9.47 Å². The average Bonchev–Trinajstić information content (AvgIpc) is 3.13. The van der Waals surface area contributed by atoms with Crippen LogP contribution in [0.5, 0.6) is 5.75 Å². The molecule has 5 nitrogen and oxygen atoms in total. The third-order valence-electron chi connectivity index (χ3n) is 4.92. The Morgan fingerprint density at radius 1 is 1.15 bits per heavy atom. The molecule has 2 aromatic carbocycles. The normalized spacial score (nSPS) is 16.1. The monoisotopic (exact) mass is 363 g/mol. The molecule has 1 atom stereocenters. The number of imidazole rings is 1. The van der Waals surface area contributed by atoms with Gasteiger partial charge in [0.2, 0.25) is 0 Å². The van der Waals surface area contributed by atoms with Gasteiger partial charge in [0.25, 0.3) is 0 Å². The number of nitrogens with one attached hydrogen (secondary N) is 1. The lowest BCUT2D eigenvalue weighted by atomic mass is 10.1. The highest BCUT2D eigenvalue weighted by Crippen LogP contribution is 2.24. The number of ether oxygens (including phenoxy) is 2. The molecule has 140 valence electrons. The van der Waals surface area contributed by atoms with Gasteiger partial charge in [0.05, 0.1) is 25.5 Å². The SMILES string of the molecule is COc1ccc(-c2cn3c(n2)CO[C@@H](CNCc2ccc(C)cc2)C3)cc1. The molecule has 1 N–H and O–H groups in total. The number of aryl methyl sites for hydroxylation is 1. The highest BCUT2D eigenvalue weighted by Gasteiger charge is 2.21. The van der Waals surface area contributed by atoms with Gasteiger partial charge in [-0.1, -0.05) is 29.8 Å². The molecule has 1 aliphatic rings. The molecule has 0 unspecified atom stereocenters. The molecule has 1 aromatic heterocycles. The van der Waals surface area contributed by atoms with E-state index in [-0.39, 0.29) is 6.10 Å². The van der Waals surface area contributed by atoms with E-state index in [2.05, 4.69) is 47.3 Å². The largest absolute Gasteiger partial charge is 0.497 e. The Morgan fingerprint density at radius 3 is 2.67 bits per heavy atom. The summed E-state index contributed by atoms with van der Waals surface area (Å²) < 4.78 is 13.4. The van der Waals surface area contributed by atoms with E-state index in [0.29, 0.717) is 6.61 Å². The summed E-state index contributed by atoms with van der Waals surface area (Å²) in [6, 6.07) is 16.6. The average molecular weight is 363 g/mol. The van der Waals surface area contributed by atoms with Gasteiger partial charge >= 0.3 is 0 Å². The fraction of sp³-hybridized carbons (Fsp3) is 0.318. The summed E-state index contributed by atoms with van der Waals surface area (Å²) in [6.45, 7) is 5.15. The van der Waals surface area contributed by atoms with Crippen molar-refractivity contribution in [2.24, 2.45) is 0 Å². The Hall–Kier alpha value is -2.63. The van der Waals surface area contributed by atoms with Gasteiger partial charge in [0.1, 0.15) is 18.2 Å². The molecule has 0 fully saturated rings. The van der Waals surface area contributed by atoms with E-state index in [9.17, 15) is 0 Å². The molecule has 0 aliphatic carbocycles. The third-order valence-corrected chi connectivity index (χ3v) is 4.92. The Bertz CT molecular complexity index is 885. The van der Waals surface area contributed by atoms with Crippen LogP contribution in [-0.4, -0.2) is 29.3 Å². The van der Waals surface area contributed by atoms with E-state index in [4.69, 9.17) is 14.5 Å². The van der Waals surface area contributed by atoms with Crippen LogP contribution in [0, 0.1) is 6.92 Å². The number of methoxy groups -OCH3 is 1. The van der Waals surface area contributed by atoms with Crippen LogP contribution in [0.2, 0.25) is 0 Å². The minimum atomic E-state index is 0.154. The lowest BCUT2D eigenvalue weighted by Crippen LogP contribution is -2.35. The van der Waals surface area contributed by atoms with Crippen molar-refractivity contribution in [3.8, 4) is 17.0 Å². The molecular weight excluding hydrogens is 338 g/mol. The Kier molecular flexibility index (Phi) is 5.23. The lowest BCUT2D eigenvalue weighted by molar-refractivity contribution is 0.00278. The van der Waals surface area contributed by atoms with Crippen molar-refractivity contribution in [3.05, 3.63) is 71.7 Å². The highest BCUT2D eigenvalue weighted by molar-refractivity contribution is 5.59. The highest BCUT2D eigenvalue weighted by atomic mass is 16.5. The molecule has 0 spiro atoms. The summed E-state index contributed by atoms with van der Waals surface area (Å²) >= 11 is 0. The molecule has 0 bridgehead atoms. The molecule has 0 saturated heterocycles. The zero-order valence-corrected chi connectivity index (χ0v) is 15.8. The van der Waals surface area contributed by atoms with Crippen LogP contribution in [0.1, 0.15) is 17.0 Å². The van der Waals surface area contributed by atoms with Crippen molar-refractivity contribution in [1.29, 1.82) is 0 Å². The van der Waals surface area contributed by atoms with E-state index in [1.54, 1.807) is 7.11 Å². The van der Waals surface area contributed by atoms with Gasteiger partial charge in [0.15, 0.2) is 0 Å². The number of benzene rings is 2. The number of rotatable bonds is 6. The van der Waals surface area contributed by atoms with Gasteiger partial charge in [-0.25, -0.2) is 4.98 Å². The number of hydrogen-bond acceptors (Lipinski definition) is 4. The second-order valence-corrected chi connectivity index (χ2v) is 6.97. The minimum absolute atomic E-state index is 0.154. The van der Waals surface area contributed by atoms with Gasteiger partial charge < -0.3 is 19.4 Å². The van der Waals surface area contributed by atoms with Crippen LogP contribution in [-0.2, 0) is 24.4 Å². The first-order valence-corrected chi connectivity index (χ1v) is 9.29. The lowest BCUT2D eigenvalue weighted by Gasteiger charge is -2.24. The number of fused-ring (bicyclic) bond motifs is 1. The molecular formula is C22H25N3O2. The molecule has 4 rings (SSSR count). The molecule has 3 aromatic rings. The predicted molar refractivity (Wildman–Crippen MR) is 106 cm³/mol. The van der Waals surface area contributed by atoms with E-state index >= 15 is 0 Å². The van der Waals surface area contributed by atoms with Crippen LogP contribution in [0.3, 0.4) is 0 Å². The maximum atomic E-state index is 5.98. The topological polar surface area (TPSA) is 48.3 Å². The van der Waals surface area contributed by atoms with Crippen molar-refractivity contribution >= 4 is 0 Å². The van der Waals surface area contributed by atoms with Crippen LogP contribution in [0.25, 0.3) is 11.3 Å². The standard InChI is InChI=1S/C22H25N3O2/c1-16-3-5-17(6-4-16)11-23-12-20-13-25-14-21(24-22(25)15-27-20)18-7-9-19(26-2)10-8-18/h3-10,14,20,23H,11-13,15H2,1-2H3/t20-/m0/s1. The first-order valence-electron chi connectivity index (χ1n) is 9.29. The van der Waals surface area contributed by atoms with Crippen molar-refractivity contribution in [1.82, 2.24) is 14.9 Å². The summed E-state index contributed by atoms with van der Waals surface area (Å²) in [4.78, 5) is 4.72. The smallest absolute Gasteiger partial charge is 0.135 e. The second-order valence-electron chi connectivity index (χ2n) is 6.97. The van der Waals surface area contributed by atoms with Crippen molar-refractivity contribution in [2.45, 2.75) is 32.7 Å². The molecule has 1 aliphatic heterocycles. The predicted octanol–water partition coefficient (Wildman–Crippen LogP) is 3.56. The molecule has 5 heteroatoms. The zero-order chi connectivity index (χ0) is 18.6. The summed E-state index contributed by atoms with van der Waals surface area (Å²) in [5, 5.41) is 3.50. The molecule has 0 amide bonds. The fourth-order valence-corrected chi connectivity index (χ4v) is 3.30. The van der Waals surface area contributed by atoms with E-state index in [0.717, 1.165) is 42.5 Å². The minimum Gasteiger partial charge on any atom is -0.497 e. The van der Waals surface area contributed by atoms with Crippen LogP contribution in [0.4, 0.5) is 0 Å². The summed E-state index contributed by atoms with van der Waals surface area (Å²) in [7, 11) is 1.68. The van der Waals surface area contributed by atoms with Crippen LogP contribution >= 0.6 is 0 Å². The molecule has 0 radical (unpaired) electrons. The van der Waals surface area contributed by atoms with Crippen molar-refractivity contribution in [3.63, 3.8) is 0 Å². The summed E-state index contributed by atoms with van der Waals surface area (Å²) in [5.74, 6) is 1.83. The van der Waals surface area contributed by atoms with Crippen molar-refractivity contribution in [2.75, 3.05) is 13.7 Å². The molecule has 0 saturated carbocycles. The van der Waals surface area contributed by atoms with Gasteiger partial charge in [0, 0.05) is 24.8 Å². The Balaban J connectivity index is 1.35.